The lowest BCUT2D eigenvalue weighted by atomic mass is 10.1. The number of ether oxygens (including phenoxy) is 2. The Labute approximate surface area is 529 Å². The first kappa shape index (κ1) is 76.2. The zero-order valence-electron chi connectivity index (χ0n) is 42.9. The number of carboxylic acids is 3. The number of aromatic carboxylic acids is 2. The Kier molecular flexibility index (Phi) is 24.4. The van der Waals surface area contributed by atoms with Crippen molar-refractivity contribution in [3.8, 4) is 0 Å². The number of methoxy groups -OCH3 is 2. The monoisotopic (exact) mass is 1470 g/mol. The van der Waals surface area contributed by atoms with Gasteiger partial charge < -0.3 is 24.8 Å². The molecule has 490 valence electrons. The molecule has 0 unspecified atom stereocenters. The minimum atomic E-state index is -4.84. The molecule has 0 spiro atoms. The third-order valence-corrected chi connectivity index (χ3v) is 17.6. The van der Waals surface area contributed by atoms with Gasteiger partial charge in [-0.2, -0.15) is 65.9 Å². The van der Waals surface area contributed by atoms with Crippen LogP contribution in [0.15, 0.2) is 72.8 Å². The number of carbonyl (C=O) groups is 5. The van der Waals surface area contributed by atoms with Gasteiger partial charge in [-0.15, -0.1) is 45.3 Å². The van der Waals surface area contributed by atoms with E-state index >= 15 is 0 Å². The molecule has 9 aromatic rings. The molecule has 0 aliphatic heterocycles. The Bertz CT molecular complexity index is 4280. The molecule has 3 N–H and O–H groups in total. The SMILES string of the molecule is C.COC(=O)c1sc2c(F)c(C(F)(F)F)ccc2c1Cl.COC(=O)c1sc2cc(C(F)(F)F)c(F)cc2c1Cl.O=C(O)/C=C/c1ccc(C(F)(F)F)c(F)c1.O=C(O)c1sc2c(F)c(C(F)(F)F)ccc2c1Cl.O=C(O)c1sc2cc(C(F)(F)F)c(F)cc2c1Cl. The van der Waals surface area contributed by atoms with Crippen LogP contribution in [-0.4, -0.2) is 59.4 Å². The number of benzene rings is 5. The molecular formula is C53H26Cl4F20O10S4. The average Bonchev–Trinajstić information content (AvgIpc) is 1.69. The summed E-state index contributed by atoms with van der Waals surface area (Å²) in [6.45, 7) is 0. The molecule has 91 heavy (non-hydrogen) atoms. The Morgan fingerprint density at radius 2 is 0.725 bits per heavy atom. The highest BCUT2D eigenvalue weighted by atomic mass is 35.5. The van der Waals surface area contributed by atoms with Gasteiger partial charge in [0.25, 0.3) is 0 Å². The van der Waals surface area contributed by atoms with Crippen LogP contribution in [0.1, 0.15) is 79.5 Å². The topological polar surface area (TPSA) is 164 Å². The number of thiophene rings is 4. The lowest BCUT2D eigenvalue weighted by Gasteiger charge is -2.07. The third-order valence-electron chi connectivity index (χ3n) is 11.0. The van der Waals surface area contributed by atoms with Crippen molar-refractivity contribution in [2.45, 2.75) is 38.3 Å². The fourth-order valence-corrected chi connectivity index (χ4v) is 12.6. The molecule has 10 nitrogen and oxygen atoms in total. The Morgan fingerprint density at radius 3 is 1.08 bits per heavy atom. The van der Waals surface area contributed by atoms with E-state index in [1.807, 2.05) is 0 Å². The summed E-state index contributed by atoms with van der Waals surface area (Å²) >= 11 is 25.2. The quantitative estimate of drug-likeness (QED) is 0.0829. The molecule has 0 saturated heterocycles. The highest BCUT2D eigenvalue weighted by Gasteiger charge is 2.40. The highest BCUT2D eigenvalue weighted by molar-refractivity contribution is 7.22. The summed E-state index contributed by atoms with van der Waals surface area (Å²) in [5, 5.41) is 25.1. The van der Waals surface area contributed by atoms with E-state index in [1.165, 1.54) is 0 Å². The standard InChI is InChI=1S/2C11H5ClF4O2S.2C10H3ClF4O2S.C10H6F4O2.CH4/c1-18-10(17)9-8(12)4-2-6(13)5(11(14,15)16)3-7(4)19-9;1-18-10(17)9-6(12)4-2-3-5(11(14,15)16)7(13)8(4)19-9;11-7-3-1-5(12)4(10(13,14)15)2-6(3)18-8(7)9(16)17;11-5-3-1-2-4(10(13,14)15)6(12)7(3)18-8(5)9(16)17;11-8-5-6(2-4-9(15)16)1-3-7(8)10(12,13)14;/h2*2-3H,1H3;2*1-2H,(H,16,17);1-5H,(H,15,16);1H4/b;;;;4-2+;. The number of hydrogen-bond donors (Lipinski definition) is 3. The fourth-order valence-electron chi connectivity index (χ4n) is 7.00. The Balaban J connectivity index is 0.000000242. The number of alkyl halides is 15. The van der Waals surface area contributed by atoms with E-state index in [9.17, 15) is 112 Å². The lowest BCUT2D eigenvalue weighted by molar-refractivity contribution is -0.140. The molecule has 0 amide bonds. The highest BCUT2D eigenvalue weighted by Crippen LogP contribution is 2.46. The van der Waals surface area contributed by atoms with E-state index in [1.54, 1.807) is 0 Å². The maximum atomic E-state index is 13.8. The van der Waals surface area contributed by atoms with Gasteiger partial charge in [0.2, 0.25) is 0 Å². The molecule has 0 fully saturated rings. The number of carboxylic acid groups (broad SMARTS) is 3. The predicted octanol–water partition coefficient (Wildman–Crippen LogP) is 21.4. The van der Waals surface area contributed by atoms with Gasteiger partial charge >= 0.3 is 60.7 Å². The number of hydrogen-bond acceptors (Lipinski definition) is 11. The van der Waals surface area contributed by atoms with Gasteiger partial charge in [-0.05, 0) is 60.2 Å². The average molecular weight is 1470 g/mol. The van der Waals surface area contributed by atoms with E-state index in [2.05, 4.69) is 9.47 Å². The van der Waals surface area contributed by atoms with Crippen molar-refractivity contribution in [2.75, 3.05) is 14.2 Å². The predicted molar refractivity (Wildman–Crippen MR) is 299 cm³/mol. The van der Waals surface area contributed by atoms with Gasteiger partial charge in [0.15, 0.2) is 11.6 Å². The van der Waals surface area contributed by atoms with Crippen LogP contribution in [0.3, 0.4) is 0 Å². The summed E-state index contributed by atoms with van der Waals surface area (Å²) in [7, 11) is 2.21. The van der Waals surface area contributed by atoms with Crippen LogP contribution in [0, 0.1) is 29.1 Å². The van der Waals surface area contributed by atoms with Crippen LogP contribution in [0.4, 0.5) is 87.8 Å². The van der Waals surface area contributed by atoms with E-state index in [4.69, 9.17) is 61.7 Å². The molecule has 9 rings (SSSR count). The van der Waals surface area contributed by atoms with Crippen LogP contribution in [0.5, 0.6) is 0 Å². The van der Waals surface area contributed by atoms with Crippen LogP contribution >= 0.6 is 91.8 Å². The largest absolute Gasteiger partial charge is 0.478 e. The second kappa shape index (κ2) is 29.2. The summed E-state index contributed by atoms with van der Waals surface area (Å²) < 4.78 is 262. The van der Waals surface area contributed by atoms with E-state index in [0.29, 0.717) is 88.6 Å². The van der Waals surface area contributed by atoms with Gasteiger partial charge in [-0.1, -0.05) is 72.0 Å². The Hall–Kier alpha value is -7.21. The molecule has 0 saturated carbocycles. The number of aliphatic carboxylic acids is 1. The zero-order chi connectivity index (χ0) is 68.4. The zero-order valence-corrected chi connectivity index (χ0v) is 49.2. The van der Waals surface area contributed by atoms with Crippen molar-refractivity contribution in [1.29, 1.82) is 0 Å². The minimum Gasteiger partial charge on any atom is -0.478 e. The lowest BCUT2D eigenvalue weighted by Crippen LogP contribution is -2.07. The van der Waals surface area contributed by atoms with Crippen LogP contribution in [-0.2, 0) is 45.1 Å². The van der Waals surface area contributed by atoms with E-state index in [0.717, 1.165) is 49.8 Å². The Morgan fingerprint density at radius 1 is 0.418 bits per heavy atom. The number of fused-ring (bicyclic) bond motifs is 4. The molecule has 4 aromatic heterocycles. The smallest absolute Gasteiger partial charge is 0.419 e. The summed E-state index contributed by atoms with van der Waals surface area (Å²) in [6, 6.07) is 7.79. The number of halogens is 24. The second-order valence-electron chi connectivity index (χ2n) is 16.7. The van der Waals surface area contributed by atoms with Crippen LogP contribution in [0.25, 0.3) is 46.4 Å². The van der Waals surface area contributed by atoms with Crippen LogP contribution in [0.2, 0.25) is 20.1 Å². The number of esters is 2. The summed E-state index contributed by atoms with van der Waals surface area (Å²) in [5.41, 5.74) is -6.99. The molecule has 4 heterocycles. The van der Waals surface area contributed by atoms with Crippen molar-refractivity contribution < 1.29 is 137 Å². The van der Waals surface area contributed by atoms with E-state index in [-0.39, 0.29) is 88.2 Å². The normalized spacial score (nSPS) is 11.8. The van der Waals surface area contributed by atoms with Gasteiger partial charge in [-0.3, -0.25) is 0 Å². The molecular weight excluding hydrogens is 1450 g/mol. The van der Waals surface area contributed by atoms with Gasteiger partial charge in [0.05, 0.1) is 71.5 Å². The van der Waals surface area contributed by atoms with Gasteiger partial charge in [0.1, 0.15) is 37.0 Å². The van der Waals surface area contributed by atoms with E-state index < -0.39 is 122 Å². The third kappa shape index (κ3) is 17.7. The van der Waals surface area contributed by atoms with Crippen molar-refractivity contribution in [2.24, 2.45) is 0 Å². The maximum Gasteiger partial charge on any atom is 0.419 e. The molecule has 5 aromatic carbocycles. The fraction of sp³-hybridized carbons (Fsp3) is 0.151. The first-order chi connectivity index (χ1) is 41.3. The second-order valence-corrected chi connectivity index (χ2v) is 22.4. The minimum absolute atomic E-state index is 0. The first-order valence-corrected chi connectivity index (χ1v) is 27.4. The molecule has 0 radical (unpaired) electrons. The maximum absolute atomic E-state index is 13.8. The molecule has 0 aliphatic rings. The molecule has 0 aliphatic carbocycles. The summed E-state index contributed by atoms with van der Waals surface area (Å²) in [5.74, 6) is -12.9. The summed E-state index contributed by atoms with van der Waals surface area (Å²) in [4.78, 5) is 53.5. The van der Waals surface area contributed by atoms with Gasteiger partial charge in [-0.25, -0.2) is 45.9 Å². The molecule has 0 atom stereocenters. The first-order valence-electron chi connectivity index (χ1n) is 22.6. The molecule has 0 bridgehead atoms. The number of carbonyl (C=O) groups excluding carboxylic acids is 2. The number of rotatable bonds is 6. The molecule has 38 heteroatoms. The summed E-state index contributed by atoms with van der Waals surface area (Å²) in [6.07, 6.45) is -22.3. The van der Waals surface area contributed by atoms with Crippen molar-refractivity contribution in [1.82, 2.24) is 0 Å². The van der Waals surface area contributed by atoms with Crippen molar-refractivity contribution in [3.63, 3.8) is 0 Å². The van der Waals surface area contributed by atoms with Gasteiger partial charge in [0, 0.05) is 37.0 Å². The van der Waals surface area contributed by atoms with Crippen LogP contribution < -0.4 is 0 Å². The van der Waals surface area contributed by atoms with Crippen molar-refractivity contribution >= 4 is 168 Å². The van der Waals surface area contributed by atoms with Crippen molar-refractivity contribution in [3.05, 3.63) is 175 Å².